The summed E-state index contributed by atoms with van der Waals surface area (Å²) in [6.45, 7) is 1.85. The van der Waals surface area contributed by atoms with Gasteiger partial charge in [-0.15, -0.1) is 0 Å². The lowest BCUT2D eigenvalue weighted by atomic mass is 9.82. The molecule has 0 aromatic carbocycles. The number of rotatable bonds is 2. The van der Waals surface area contributed by atoms with Crippen molar-refractivity contribution in [2.45, 2.75) is 18.9 Å². The van der Waals surface area contributed by atoms with Crippen molar-refractivity contribution < 1.29 is 4.79 Å². The molecule has 0 radical (unpaired) electrons. The fourth-order valence-corrected chi connectivity index (χ4v) is 4.53. The number of hydrogen-bond donors (Lipinski definition) is 1. The van der Waals surface area contributed by atoms with Crippen LogP contribution in [0.15, 0.2) is 41.8 Å². The molecule has 0 aliphatic carbocycles. The molecular weight excluding hydrogens is 370 g/mol. The SMILES string of the molecule is Cn1cncc1C(=O)N1C[C@@H]2C[C@H](C1)c1cc(-c3cc(N)ncn3)cc(=O)n1C2. The third kappa shape index (κ3) is 2.98. The molecule has 2 atom stereocenters. The zero-order valence-corrected chi connectivity index (χ0v) is 16.0. The van der Waals surface area contributed by atoms with E-state index in [0.29, 0.717) is 36.8 Å². The lowest BCUT2D eigenvalue weighted by molar-refractivity contribution is 0.0585. The number of nitrogen functional groups attached to an aromatic ring is 1. The van der Waals surface area contributed by atoms with Crippen LogP contribution in [-0.2, 0) is 13.6 Å². The van der Waals surface area contributed by atoms with Crippen molar-refractivity contribution in [2.24, 2.45) is 13.0 Å². The number of nitrogens with two attached hydrogens (primary N) is 1. The van der Waals surface area contributed by atoms with Crippen molar-refractivity contribution in [3.05, 3.63) is 58.8 Å². The van der Waals surface area contributed by atoms with Crippen molar-refractivity contribution in [2.75, 3.05) is 18.8 Å². The second-order valence-electron chi connectivity index (χ2n) is 7.84. The highest BCUT2D eigenvalue weighted by atomic mass is 16.2. The summed E-state index contributed by atoms with van der Waals surface area (Å²) in [4.78, 5) is 39.9. The molecule has 1 saturated heterocycles. The largest absolute Gasteiger partial charge is 0.384 e. The van der Waals surface area contributed by atoms with Crippen LogP contribution in [0.2, 0.25) is 0 Å². The molecule has 2 aliphatic heterocycles. The summed E-state index contributed by atoms with van der Waals surface area (Å²) in [5.41, 5.74) is 8.61. The van der Waals surface area contributed by atoms with Gasteiger partial charge in [-0.3, -0.25) is 9.59 Å². The van der Waals surface area contributed by atoms with Crippen LogP contribution in [0.25, 0.3) is 11.3 Å². The molecule has 9 nitrogen and oxygen atoms in total. The van der Waals surface area contributed by atoms with E-state index >= 15 is 0 Å². The lowest BCUT2D eigenvalue weighted by Gasteiger charge is -2.42. The van der Waals surface area contributed by atoms with E-state index in [1.165, 1.54) is 6.33 Å². The molecule has 3 aromatic heterocycles. The standard InChI is InChI=1S/C20H21N7O2/c1-25-11-22-6-17(25)20(29)26-7-12-2-14(9-26)16-3-13(4-19(28)27(16)8-12)15-5-18(21)24-10-23-15/h3-6,10-12,14H,2,7-9H2,1H3,(H2,21,23,24)/t12-,14+/m0/s1. The van der Waals surface area contributed by atoms with Gasteiger partial charge in [0.15, 0.2) is 0 Å². The van der Waals surface area contributed by atoms with Gasteiger partial charge >= 0.3 is 0 Å². The number of aromatic nitrogens is 5. The van der Waals surface area contributed by atoms with Crippen LogP contribution in [0.3, 0.4) is 0 Å². The Labute approximate surface area is 166 Å². The van der Waals surface area contributed by atoms with Gasteiger partial charge in [-0.2, -0.15) is 0 Å². The Kier molecular flexibility index (Phi) is 3.97. The van der Waals surface area contributed by atoms with Crippen molar-refractivity contribution in [1.29, 1.82) is 0 Å². The number of amides is 1. The van der Waals surface area contributed by atoms with Gasteiger partial charge in [0.1, 0.15) is 17.8 Å². The Morgan fingerprint density at radius 2 is 2.03 bits per heavy atom. The number of nitrogens with zero attached hydrogens (tertiary/aromatic N) is 6. The number of carbonyl (C=O) groups excluding carboxylic acids is 1. The van der Waals surface area contributed by atoms with Gasteiger partial charge in [-0.05, 0) is 18.4 Å². The quantitative estimate of drug-likeness (QED) is 0.694. The third-order valence-corrected chi connectivity index (χ3v) is 5.86. The van der Waals surface area contributed by atoms with Crippen LogP contribution in [0.1, 0.15) is 28.5 Å². The number of hydrogen-bond acceptors (Lipinski definition) is 6. The van der Waals surface area contributed by atoms with Gasteiger partial charge in [0.2, 0.25) is 0 Å². The molecule has 9 heteroatoms. The van der Waals surface area contributed by atoms with E-state index in [-0.39, 0.29) is 23.3 Å². The Morgan fingerprint density at radius 1 is 1.17 bits per heavy atom. The molecule has 1 fully saturated rings. The first-order chi connectivity index (χ1) is 14.0. The van der Waals surface area contributed by atoms with E-state index in [1.54, 1.807) is 29.2 Å². The number of carbonyl (C=O) groups is 1. The minimum absolute atomic E-state index is 0.0183. The van der Waals surface area contributed by atoms with E-state index in [4.69, 9.17) is 5.73 Å². The molecule has 5 heterocycles. The van der Waals surface area contributed by atoms with E-state index < -0.39 is 0 Å². The smallest absolute Gasteiger partial charge is 0.272 e. The number of pyridine rings is 1. The number of imidazole rings is 1. The normalized spacial score (nSPS) is 20.4. The highest BCUT2D eigenvalue weighted by Crippen LogP contribution is 2.36. The average molecular weight is 391 g/mol. The van der Waals surface area contributed by atoms with Crippen LogP contribution in [0.5, 0.6) is 0 Å². The second kappa shape index (κ2) is 6.54. The van der Waals surface area contributed by atoms with Gasteiger partial charge in [0.05, 0.1) is 18.2 Å². The molecule has 1 amide bonds. The Bertz CT molecular complexity index is 1170. The van der Waals surface area contributed by atoms with E-state index in [9.17, 15) is 9.59 Å². The van der Waals surface area contributed by atoms with Crippen LogP contribution < -0.4 is 11.3 Å². The minimum atomic E-state index is -0.0456. The van der Waals surface area contributed by atoms with E-state index in [1.807, 2.05) is 22.6 Å². The van der Waals surface area contributed by atoms with E-state index in [2.05, 4.69) is 15.0 Å². The molecule has 3 aromatic rings. The maximum Gasteiger partial charge on any atom is 0.272 e. The summed E-state index contributed by atoms with van der Waals surface area (Å²) >= 11 is 0. The number of aryl methyl sites for hydroxylation is 1. The summed E-state index contributed by atoms with van der Waals surface area (Å²) in [6.07, 6.45) is 5.59. The molecule has 5 rings (SSSR count). The molecule has 2 N–H and O–H groups in total. The monoisotopic (exact) mass is 391 g/mol. The summed E-state index contributed by atoms with van der Waals surface area (Å²) in [5.74, 6) is 0.705. The fourth-order valence-electron chi connectivity index (χ4n) is 4.53. The predicted octanol–water partition coefficient (Wildman–Crippen LogP) is 0.880. The first kappa shape index (κ1) is 17.6. The van der Waals surface area contributed by atoms with Gasteiger partial charge < -0.3 is 19.8 Å². The molecule has 29 heavy (non-hydrogen) atoms. The van der Waals surface area contributed by atoms with Crippen LogP contribution in [0.4, 0.5) is 5.82 Å². The Morgan fingerprint density at radius 3 is 2.79 bits per heavy atom. The Hall–Kier alpha value is -3.49. The van der Waals surface area contributed by atoms with Gasteiger partial charge in [0, 0.05) is 56.0 Å². The summed E-state index contributed by atoms with van der Waals surface area (Å²) in [5, 5.41) is 0. The number of fused-ring (bicyclic) bond motifs is 4. The third-order valence-electron chi connectivity index (χ3n) is 5.86. The fraction of sp³-hybridized carbons (Fsp3) is 0.350. The van der Waals surface area contributed by atoms with Crippen molar-refractivity contribution >= 4 is 11.7 Å². The van der Waals surface area contributed by atoms with Gasteiger partial charge in [0.25, 0.3) is 11.5 Å². The zero-order chi connectivity index (χ0) is 20.1. The molecular formula is C20H21N7O2. The summed E-state index contributed by atoms with van der Waals surface area (Å²) < 4.78 is 3.58. The maximum absolute atomic E-state index is 13.0. The van der Waals surface area contributed by atoms with Gasteiger partial charge in [-0.25, -0.2) is 15.0 Å². The number of piperidine rings is 1. The summed E-state index contributed by atoms with van der Waals surface area (Å²) in [6, 6.07) is 5.27. The predicted molar refractivity (Wildman–Crippen MR) is 106 cm³/mol. The molecule has 2 bridgehead atoms. The summed E-state index contributed by atoms with van der Waals surface area (Å²) in [7, 11) is 1.82. The van der Waals surface area contributed by atoms with Crippen molar-refractivity contribution in [3.63, 3.8) is 0 Å². The Balaban J connectivity index is 1.51. The highest BCUT2D eigenvalue weighted by Gasteiger charge is 2.37. The molecule has 0 spiro atoms. The number of likely N-dealkylation sites (tertiary alicyclic amines) is 1. The van der Waals surface area contributed by atoms with Crippen molar-refractivity contribution in [1.82, 2.24) is 29.0 Å². The zero-order valence-electron chi connectivity index (χ0n) is 16.0. The average Bonchev–Trinajstić information content (AvgIpc) is 3.14. The number of anilines is 1. The molecule has 0 saturated carbocycles. The van der Waals surface area contributed by atoms with Crippen LogP contribution >= 0.6 is 0 Å². The minimum Gasteiger partial charge on any atom is -0.384 e. The highest BCUT2D eigenvalue weighted by molar-refractivity contribution is 5.92. The second-order valence-corrected chi connectivity index (χ2v) is 7.84. The lowest BCUT2D eigenvalue weighted by Crippen LogP contribution is -2.49. The van der Waals surface area contributed by atoms with Gasteiger partial charge in [-0.1, -0.05) is 0 Å². The maximum atomic E-state index is 13.0. The molecule has 148 valence electrons. The topological polar surface area (TPSA) is 112 Å². The first-order valence-corrected chi connectivity index (χ1v) is 9.58. The van der Waals surface area contributed by atoms with E-state index in [0.717, 1.165) is 17.7 Å². The van der Waals surface area contributed by atoms with Crippen LogP contribution in [0, 0.1) is 5.92 Å². The molecule has 2 aliphatic rings. The van der Waals surface area contributed by atoms with Crippen molar-refractivity contribution in [3.8, 4) is 11.3 Å². The van der Waals surface area contributed by atoms with Crippen LogP contribution in [-0.4, -0.2) is 48.0 Å². The molecule has 0 unspecified atom stereocenters. The first-order valence-electron chi connectivity index (χ1n) is 9.58.